The Labute approximate surface area is 167 Å². The monoisotopic (exact) mass is 398 g/mol. The van der Waals surface area contributed by atoms with E-state index in [0.717, 1.165) is 72.3 Å². The molecule has 1 N–H and O–H groups in total. The molecule has 1 aliphatic carbocycles. The van der Waals surface area contributed by atoms with Crippen molar-refractivity contribution in [3.05, 3.63) is 45.8 Å². The summed E-state index contributed by atoms with van der Waals surface area (Å²) in [7, 11) is 0. The predicted molar refractivity (Wildman–Crippen MR) is 110 cm³/mol. The van der Waals surface area contributed by atoms with Crippen LogP contribution >= 0.6 is 11.3 Å². The quantitative estimate of drug-likeness (QED) is 0.714. The van der Waals surface area contributed by atoms with E-state index < -0.39 is 0 Å². The van der Waals surface area contributed by atoms with Crippen LogP contribution in [0.15, 0.2) is 18.2 Å². The Bertz CT molecular complexity index is 1030. The number of nitrogens with one attached hydrogen (secondary N) is 1. The summed E-state index contributed by atoms with van der Waals surface area (Å²) in [5.74, 6) is 1.37. The Balaban J connectivity index is 1.57. The maximum absolute atomic E-state index is 13.8. The van der Waals surface area contributed by atoms with Gasteiger partial charge in [0.1, 0.15) is 22.3 Å². The summed E-state index contributed by atoms with van der Waals surface area (Å²) < 4.78 is 19.3. The average molecular weight is 399 g/mol. The van der Waals surface area contributed by atoms with Crippen molar-refractivity contribution in [3.8, 4) is 0 Å². The molecular formula is C21H23FN4OS. The van der Waals surface area contributed by atoms with E-state index in [1.165, 1.54) is 29.0 Å². The van der Waals surface area contributed by atoms with Gasteiger partial charge in [-0.2, -0.15) is 0 Å². The zero-order valence-corrected chi connectivity index (χ0v) is 16.7. The largest absolute Gasteiger partial charge is 0.379 e. The van der Waals surface area contributed by atoms with Crippen molar-refractivity contribution in [2.45, 2.75) is 32.7 Å². The maximum atomic E-state index is 13.8. The number of anilines is 2. The highest BCUT2D eigenvalue weighted by Crippen LogP contribution is 2.40. The van der Waals surface area contributed by atoms with Crippen LogP contribution in [0.25, 0.3) is 10.2 Å². The number of hydrogen-bond donors (Lipinski definition) is 1. The van der Waals surface area contributed by atoms with E-state index in [0.29, 0.717) is 6.54 Å². The molecule has 0 radical (unpaired) electrons. The molecule has 0 atom stereocenters. The van der Waals surface area contributed by atoms with E-state index in [4.69, 9.17) is 14.7 Å². The van der Waals surface area contributed by atoms with Crippen LogP contribution in [0.5, 0.6) is 0 Å². The number of benzene rings is 1. The molecule has 7 heteroatoms. The molecule has 0 spiro atoms. The molecule has 5 nitrogen and oxygen atoms in total. The zero-order valence-electron chi connectivity index (χ0n) is 15.9. The minimum absolute atomic E-state index is 0.248. The van der Waals surface area contributed by atoms with Crippen LogP contribution in [-0.2, 0) is 24.1 Å². The number of thiophene rings is 1. The van der Waals surface area contributed by atoms with Gasteiger partial charge in [0.2, 0.25) is 0 Å². The lowest BCUT2D eigenvalue weighted by atomic mass is 10.1. The lowest BCUT2D eigenvalue weighted by molar-refractivity contribution is 0.0331. The molecule has 0 unspecified atom stereocenters. The SMILES string of the molecule is Cc1ccc(F)cc1Nc1nc(CN2CCOCC2)nc2sc3c(c12)CCC3. The molecule has 5 rings (SSSR count). The van der Waals surface area contributed by atoms with Gasteiger partial charge < -0.3 is 10.1 Å². The molecule has 0 bridgehead atoms. The van der Waals surface area contributed by atoms with Crippen LogP contribution in [0.1, 0.15) is 28.2 Å². The highest BCUT2D eigenvalue weighted by molar-refractivity contribution is 7.19. The van der Waals surface area contributed by atoms with Crippen molar-refractivity contribution in [1.82, 2.24) is 14.9 Å². The van der Waals surface area contributed by atoms with Gasteiger partial charge in [-0.05, 0) is 49.4 Å². The lowest BCUT2D eigenvalue weighted by Crippen LogP contribution is -2.36. The maximum Gasteiger partial charge on any atom is 0.146 e. The van der Waals surface area contributed by atoms with Crippen molar-refractivity contribution in [2.75, 3.05) is 31.6 Å². The van der Waals surface area contributed by atoms with Crippen LogP contribution in [0.2, 0.25) is 0 Å². The number of ether oxygens (including phenoxy) is 1. The summed E-state index contributed by atoms with van der Waals surface area (Å²) in [6.07, 6.45) is 3.37. The summed E-state index contributed by atoms with van der Waals surface area (Å²) in [5.41, 5.74) is 3.12. The van der Waals surface area contributed by atoms with Gasteiger partial charge in [0.25, 0.3) is 0 Å². The van der Waals surface area contributed by atoms with Crippen LogP contribution in [-0.4, -0.2) is 41.2 Å². The Morgan fingerprint density at radius 3 is 2.93 bits per heavy atom. The van der Waals surface area contributed by atoms with E-state index in [1.807, 2.05) is 6.92 Å². The number of rotatable bonds is 4. The number of hydrogen-bond acceptors (Lipinski definition) is 6. The molecule has 1 fully saturated rings. The first-order valence-corrected chi connectivity index (χ1v) is 10.6. The second-order valence-corrected chi connectivity index (χ2v) is 8.58. The Hall–Kier alpha value is -2.09. The number of aryl methyl sites for hydroxylation is 3. The van der Waals surface area contributed by atoms with Crippen LogP contribution < -0.4 is 5.32 Å². The number of nitrogens with zero attached hydrogens (tertiary/aromatic N) is 3. The average Bonchev–Trinajstić information content (AvgIpc) is 3.26. The van der Waals surface area contributed by atoms with E-state index >= 15 is 0 Å². The van der Waals surface area contributed by atoms with Crippen molar-refractivity contribution >= 4 is 33.1 Å². The van der Waals surface area contributed by atoms with Crippen molar-refractivity contribution in [1.29, 1.82) is 0 Å². The van der Waals surface area contributed by atoms with Crippen molar-refractivity contribution in [3.63, 3.8) is 0 Å². The molecule has 2 aromatic heterocycles. The third kappa shape index (κ3) is 3.38. The zero-order chi connectivity index (χ0) is 19.1. The molecule has 1 aromatic carbocycles. The van der Waals surface area contributed by atoms with Gasteiger partial charge in [-0.15, -0.1) is 11.3 Å². The first-order valence-electron chi connectivity index (χ1n) is 9.82. The first kappa shape index (κ1) is 18.0. The summed E-state index contributed by atoms with van der Waals surface area (Å²) in [4.78, 5) is 14.6. The van der Waals surface area contributed by atoms with E-state index in [-0.39, 0.29) is 5.82 Å². The van der Waals surface area contributed by atoms with Gasteiger partial charge in [0, 0.05) is 23.7 Å². The minimum Gasteiger partial charge on any atom is -0.379 e. The molecule has 0 saturated carbocycles. The van der Waals surface area contributed by atoms with Gasteiger partial charge in [-0.25, -0.2) is 14.4 Å². The summed E-state index contributed by atoms with van der Waals surface area (Å²) in [5, 5.41) is 4.54. The first-order chi connectivity index (χ1) is 13.7. The van der Waals surface area contributed by atoms with E-state index in [1.54, 1.807) is 17.4 Å². The van der Waals surface area contributed by atoms with Gasteiger partial charge in [-0.1, -0.05) is 6.07 Å². The molecular weight excluding hydrogens is 375 g/mol. The molecule has 0 amide bonds. The van der Waals surface area contributed by atoms with E-state index in [2.05, 4.69) is 10.2 Å². The molecule has 146 valence electrons. The Kier molecular flexibility index (Phi) is 4.74. The molecule has 2 aliphatic rings. The molecule has 28 heavy (non-hydrogen) atoms. The lowest BCUT2D eigenvalue weighted by Gasteiger charge is -2.25. The highest BCUT2D eigenvalue weighted by Gasteiger charge is 2.23. The normalized spacial score (nSPS) is 17.2. The topological polar surface area (TPSA) is 50.3 Å². The minimum atomic E-state index is -0.248. The van der Waals surface area contributed by atoms with Gasteiger partial charge >= 0.3 is 0 Å². The second-order valence-electron chi connectivity index (χ2n) is 7.50. The van der Waals surface area contributed by atoms with Crippen LogP contribution in [0.3, 0.4) is 0 Å². The second kappa shape index (κ2) is 7.39. The Morgan fingerprint density at radius 2 is 2.07 bits per heavy atom. The van der Waals surface area contributed by atoms with E-state index in [9.17, 15) is 4.39 Å². The number of fused-ring (bicyclic) bond motifs is 3. The smallest absolute Gasteiger partial charge is 0.146 e. The Morgan fingerprint density at radius 1 is 1.21 bits per heavy atom. The van der Waals surface area contributed by atoms with Crippen LogP contribution in [0.4, 0.5) is 15.9 Å². The molecule has 1 aliphatic heterocycles. The summed E-state index contributed by atoms with van der Waals surface area (Å²) in [6.45, 7) is 5.99. The highest BCUT2D eigenvalue weighted by atomic mass is 32.1. The number of aromatic nitrogens is 2. The third-order valence-corrected chi connectivity index (χ3v) is 6.72. The number of morpholine rings is 1. The fourth-order valence-corrected chi connectivity index (χ4v) is 5.30. The standard InChI is InChI=1S/C21H23FN4OS/c1-13-5-6-14(22)11-16(13)23-20-19-15-3-2-4-17(15)28-21(19)25-18(24-20)12-26-7-9-27-10-8-26/h5-6,11H,2-4,7-10,12H2,1H3,(H,23,24,25). The molecule has 1 saturated heterocycles. The van der Waals surface area contributed by atoms with Gasteiger partial charge in [0.15, 0.2) is 0 Å². The number of halogens is 1. The summed E-state index contributed by atoms with van der Waals surface area (Å²) in [6, 6.07) is 4.82. The van der Waals surface area contributed by atoms with Crippen molar-refractivity contribution in [2.24, 2.45) is 0 Å². The van der Waals surface area contributed by atoms with Gasteiger partial charge in [-0.3, -0.25) is 4.90 Å². The van der Waals surface area contributed by atoms with Crippen LogP contribution in [0, 0.1) is 12.7 Å². The summed E-state index contributed by atoms with van der Waals surface area (Å²) >= 11 is 1.79. The van der Waals surface area contributed by atoms with Gasteiger partial charge in [0.05, 0.1) is 25.1 Å². The molecule has 3 heterocycles. The molecule has 3 aromatic rings. The van der Waals surface area contributed by atoms with Crippen molar-refractivity contribution < 1.29 is 9.13 Å². The fourth-order valence-electron chi connectivity index (χ4n) is 4.02. The fraction of sp³-hybridized carbons (Fsp3) is 0.429. The third-order valence-electron chi connectivity index (χ3n) is 5.53. The predicted octanol–water partition coefficient (Wildman–Crippen LogP) is 4.20.